The van der Waals surface area contributed by atoms with Gasteiger partial charge in [0.25, 0.3) is 0 Å². The third kappa shape index (κ3) is 2.13. The van der Waals surface area contributed by atoms with Crippen molar-refractivity contribution >= 4 is 12.6 Å². The first-order valence-corrected chi connectivity index (χ1v) is 7.23. The number of nitrogens with zero attached hydrogens (tertiary/aromatic N) is 1. The number of hydrogen-bond donors (Lipinski definition) is 0. The molecule has 1 aromatic rings. The van der Waals surface area contributed by atoms with E-state index in [1.54, 1.807) is 13.3 Å². The highest BCUT2D eigenvalue weighted by Gasteiger charge is 2.53. The average molecular weight is 275 g/mol. The summed E-state index contributed by atoms with van der Waals surface area (Å²) in [5, 5.41) is 0. The summed E-state index contributed by atoms with van der Waals surface area (Å²) in [6, 6.07) is 0. The van der Waals surface area contributed by atoms with Gasteiger partial charge in [-0.1, -0.05) is 0 Å². The van der Waals surface area contributed by atoms with Crippen LogP contribution < -0.4 is 10.2 Å². The summed E-state index contributed by atoms with van der Waals surface area (Å²) in [4.78, 5) is 4.29. The highest BCUT2D eigenvalue weighted by atomic mass is 16.7. The Morgan fingerprint density at radius 3 is 2.25 bits per heavy atom. The molecule has 2 aliphatic rings. The van der Waals surface area contributed by atoms with Crippen LogP contribution in [0.25, 0.3) is 0 Å². The van der Waals surface area contributed by atoms with Crippen LogP contribution in [-0.2, 0) is 9.31 Å². The molecule has 108 valence electrons. The average Bonchev–Trinajstić information content (AvgIpc) is 3.17. The second-order valence-corrected chi connectivity index (χ2v) is 6.71. The molecule has 0 N–H and O–H groups in total. The van der Waals surface area contributed by atoms with Gasteiger partial charge in [0, 0.05) is 11.7 Å². The fourth-order valence-electron chi connectivity index (χ4n) is 2.56. The maximum absolute atomic E-state index is 6.18. The van der Waals surface area contributed by atoms with E-state index in [1.165, 1.54) is 18.4 Å². The molecule has 1 aliphatic carbocycles. The van der Waals surface area contributed by atoms with Crippen molar-refractivity contribution in [2.75, 3.05) is 7.11 Å². The van der Waals surface area contributed by atoms with Gasteiger partial charge in [-0.15, -0.1) is 0 Å². The van der Waals surface area contributed by atoms with E-state index in [1.807, 2.05) is 6.20 Å². The molecule has 0 spiro atoms. The lowest BCUT2D eigenvalue weighted by molar-refractivity contribution is 0.00578. The Morgan fingerprint density at radius 2 is 1.75 bits per heavy atom. The lowest BCUT2D eigenvalue weighted by Crippen LogP contribution is -2.41. The van der Waals surface area contributed by atoms with Crippen molar-refractivity contribution in [3.05, 3.63) is 18.0 Å². The molecule has 4 nitrogen and oxygen atoms in total. The molecule has 0 unspecified atom stereocenters. The van der Waals surface area contributed by atoms with Gasteiger partial charge < -0.3 is 14.0 Å². The Balaban J connectivity index is 2.02. The second kappa shape index (κ2) is 4.47. The van der Waals surface area contributed by atoms with Crippen molar-refractivity contribution in [1.29, 1.82) is 0 Å². The van der Waals surface area contributed by atoms with Gasteiger partial charge in [-0.3, -0.25) is 4.98 Å². The minimum Gasteiger partial charge on any atom is -0.495 e. The van der Waals surface area contributed by atoms with E-state index in [4.69, 9.17) is 14.0 Å². The fourth-order valence-corrected chi connectivity index (χ4v) is 2.56. The second-order valence-electron chi connectivity index (χ2n) is 6.71. The van der Waals surface area contributed by atoms with Crippen LogP contribution in [0.5, 0.6) is 5.75 Å². The number of methoxy groups -OCH3 is 1. The van der Waals surface area contributed by atoms with Crippen LogP contribution in [0.4, 0.5) is 0 Å². The fraction of sp³-hybridized carbons (Fsp3) is 0.667. The first-order chi connectivity index (χ1) is 9.36. The van der Waals surface area contributed by atoms with E-state index < -0.39 is 0 Å². The van der Waals surface area contributed by atoms with E-state index >= 15 is 0 Å². The molecule has 5 heteroatoms. The Hall–Kier alpha value is -1.07. The summed E-state index contributed by atoms with van der Waals surface area (Å²) in [6.45, 7) is 8.27. The Kier molecular flexibility index (Phi) is 3.10. The van der Waals surface area contributed by atoms with Crippen LogP contribution in [0.2, 0.25) is 0 Å². The summed E-state index contributed by atoms with van der Waals surface area (Å²) in [7, 11) is 1.29. The van der Waals surface area contributed by atoms with Gasteiger partial charge in [0.2, 0.25) is 0 Å². The standard InChI is InChI=1S/C15H22BNO3/c1-14(2)15(3,4)20-16(19-14)13-11(10-6-7-10)8-17-9-12(13)18-5/h8-10H,6-7H2,1-5H3. The van der Waals surface area contributed by atoms with Gasteiger partial charge >= 0.3 is 7.12 Å². The number of hydrogen-bond acceptors (Lipinski definition) is 4. The SMILES string of the molecule is COc1cncc(C2CC2)c1B1OC(C)(C)C(C)(C)O1. The molecule has 1 aromatic heterocycles. The lowest BCUT2D eigenvalue weighted by atomic mass is 9.75. The molecule has 0 aromatic carbocycles. The summed E-state index contributed by atoms with van der Waals surface area (Å²) < 4.78 is 17.9. The molecule has 2 fully saturated rings. The van der Waals surface area contributed by atoms with Crippen LogP contribution >= 0.6 is 0 Å². The summed E-state index contributed by atoms with van der Waals surface area (Å²) in [5.74, 6) is 1.33. The predicted octanol–water partition coefficient (Wildman–Crippen LogP) is 2.27. The zero-order valence-electron chi connectivity index (χ0n) is 12.9. The third-order valence-corrected chi connectivity index (χ3v) is 4.71. The maximum atomic E-state index is 6.18. The minimum atomic E-state index is -0.381. The Labute approximate surface area is 121 Å². The van der Waals surface area contributed by atoms with Gasteiger partial charge in [-0.25, -0.2) is 0 Å². The number of aromatic nitrogens is 1. The van der Waals surface area contributed by atoms with Crippen LogP contribution in [0.1, 0.15) is 52.0 Å². The van der Waals surface area contributed by atoms with Gasteiger partial charge in [-0.05, 0) is 52.0 Å². The molecule has 20 heavy (non-hydrogen) atoms. The van der Waals surface area contributed by atoms with Gasteiger partial charge in [0.15, 0.2) is 0 Å². The van der Waals surface area contributed by atoms with Crippen LogP contribution in [-0.4, -0.2) is 30.4 Å². The first kappa shape index (κ1) is 13.9. The Morgan fingerprint density at radius 1 is 1.15 bits per heavy atom. The minimum absolute atomic E-state index is 0.341. The quantitative estimate of drug-likeness (QED) is 0.793. The number of pyridine rings is 1. The molecular formula is C15H22BNO3. The molecule has 1 aliphatic heterocycles. The maximum Gasteiger partial charge on any atom is 0.499 e. The molecule has 0 atom stereocenters. The van der Waals surface area contributed by atoms with Crippen molar-refractivity contribution in [2.45, 2.75) is 57.7 Å². The largest absolute Gasteiger partial charge is 0.499 e. The van der Waals surface area contributed by atoms with Crippen LogP contribution in [0, 0.1) is 0 Å². The number of ether oxygens (including phenoxy) is 1. The van der Waals surface area contributed by atoms with E-state index in [2.05, 4.69) is 32.7 Å². The van der Waals surface area contributed by atoms with Crippen molar-refractivity contribution < 1.29 is 14.0 Å². The van der Waals surface area contributed by atoms with E-state index in [0.717, 1.165) is 11.2 Å². The van der Waals surface area contributed by atoms with Crippen molar-refractivity contribution in [1.82, 2.24) is 4.98 Å². The van der Waals surface area contributed by atoms with Crippen molar-refractivity contribution in [3.8, 4) is 5.75 Å². The van der Waals surface area contributed by atoms with E-state index in [0.29, 0.717) is 5.92 Å². The topological polar surface area (TPSA) is 40.6 Å². The first-order valence-electron chi connectivity index (χ1n) is 7.23. The summed E-state index contributed by atoms with van der Waals surface area (Å²) in [6.07, 6.45) is 6.09. The smallest absolute Gasteiger partial charge is 0.495 e. The zero-order valence-corrected chi connectivity index (χ0v) is 12.9. The van der Waals surface area contributed by atoms with Gasteiger partial charge in [0.1, 0.15) is 5.75 Å². The molecule has 0 radical (unpaired) electrons. The van der Waals surface area contributed by atoms with Crippen molar-refractivity contribution in [2.24, 2.45) is 0 Å². The highest BCUT2D eigenvalue weighted by Crippen LogP contribution is 2.42. The molecule has 0 bridgehead atoms. The molecule has 2 heterocycles. The van der Waals surface area contributed by atoms with Crippen LogP contribution in [0.3, 0.4) is 0 Å². The van der Waals surface area contributed by atoms with Gasteiger partial charge in [-0.2, -0.15) is 0 Å². The summed E-state index contributed by atoms with van der Waals surface area (Å²) >= 11 is 0. The van der Waals surface area contributed by atoms with Gasteiger partial charge in [0.05, 0.1) is 24.5 Å². The van der Waals surface area contributed by atoms with Crippen LogP contribution in [0.15, 0.2) is 12.4 Å². The normalized spacial score (nSPS) is 23.9. The van der Waals surface area contributed by atoms with E-state index in [9.17, 15) is 0 Å². The summed E-state index contributed by atoms with van der Waals surface area (Å²) in [5.41, 5.74) is 1.55. The predicted molar refractivity (Wildman–Crippen MR) is 78.5 cm³/mol. The Bertz CT molecular complexity index is 510. The molecule has 0 amide bonds. The zero-order chi connectivity index (χ0) is 14.5. The number of rotatable bonds is 3. The van der Waals surface area contributed by atoms with E-state index in [-0.39, 0.29) is 18.3 Å². The molecular weight excluding hydrogens is 253 g/mol. The monoisotopic (exact) mass is 275 g/mol. The lowest BCUT2D eigenvalue weighted by Gasteiger charge is -2.32. The van der Waals surface area contributed by atoms with Crippen molar-refractivity contribution in [3.63, 3.8) is 0 Å². The third-order valence-electron chi connectivity index (χ3n) is 4.71. The molecule has 1 saturated heterocycles. The molecule has 3 rings (SSSR count). The highest BCUT2D eigenvalue weighted by molar-refractivity contribution is 6.63. The molecule has 1 saturated carbocycles.